The van der Waals surface area contributed by atoms with Crippen LogP contribution in [0.2, 0.25) is 0 Å². The first-order chi connectivity index (χ1) is 31.5. The summed E-state index contributed by atoms with van der Waals surface area (Å²) in [7, 11) is 0. The number of nitrogens with one attached hydrogen (secondary N) is 1. The molecule has 0 bridgehead atoms. The fourth-order valence-electron chi connectivity index (χ4n) is 8.81. The normalized spacial score (nSPS) is 12.8. The van der Waals surface area contributed by atoms with Gasteiger partial charge in [0.15, 0.2) is 0 Å². The van der Waals surface area contributed by atoms with E-state index >= 15 is 0 Å². The zero-order valence-corrected chi connectivity index (χ0v) is 43.0. The Morgan fingerprint density at radius 1 is 0.422 bits per heavy atom. The highest BCUT2D eigenvalue weighted by Gasteiger charge is 2.18. The maximum Gasteiger partial charge on any atom is 0.305 e. The van der Waals surface area contributed by atoms with Gasteiger partial charge in [0.2, 0.25) is 5.91 Å². The molecule has 0 aromatic rings. The maximum atomic E-state index is 12.4. The Morgan fingerprint density at radius 2 is 0.734 bits per heavy atom. The molecule has 0 aliphatic rings. The molecule has 3 N–H and O–H groups in total. The van der Waals surface area contributed by atoms with Gasteiger partial charge in [-0.05, 0) is 57.8 Å². The van der Waals surface area contributed by atoms with Crippen LogP contribution >= 0.6 is 0 Å². The molecule has 0 heterocycles. The topological polar surface area (TPSA) is 95.9 Å². The number of hydrogen-bond acceptors (Lipinski definition) is 5. The molecule has 6 heteroatoms. The minimum absolute atomic E-state index is 0.00615. The van der Waals surface area contributed by atoms with E-state index in [9.17, 15) is 19.8 Å². The number of unbranched alkanes of at least 4 members (excludes halogenated alkanes) is 40. The van der Waals surface area contributed by atoms with E-state index in [-0.39, 0.29) is 18.5 Å². The van der Waals surface area contributed by atoms with Crippen LogP contribution in [0.4, 0.5) is 0 Å². The van der Waals surface area contributed by atoms with E-state index in [2.05, 4.69) is 31.3 Å². The quantitative estimate of drug-likeness (QED) is 0.0321. The minimum Gasteiger partial charge on any atom is -0.466 e. The molecule has 2 unspecified atom stereocenters. The van der Waals surface area contributed by atoms with Gasteiger partial charge < -0.3 is 20.3 Å². The molecule has 0 aromatic heterocycles. The van der Waals surface area contributed by atoms with Crippen molar-refractivity contribution in [2.75, 3.05) is 13.2 Å². The Hall–Kier alpha value is -1.66. The van der Waals surface area contributed by atoms with E-state index in [1.165, 1.54) is 225 Å². The van der Waals surface area contributed by atoms with E-state index in [0.717, 1.165) is 57.8 Å². The average Bonchev–Trinajstić information content (AvgIpc) is 3.29. The second-order valence-electron chi connectivity index (χ2n) is 19.6. The van der Waals surface area contributed by atoms with Crippen LogP contribution in [0.5, 0.6) is 0 Å². The number of rotatable bonds is 53. The Morgan fingerprint density at radius 3 is 1.11 bits per heavy atom. The molecule has 2 atom stereocenters. The SMILES string of the molecule is CCCCCCCCC/C=C\CCCCCCCCCC(=O)OCCCCCCCCCCCCCCCCC(=O)NC(CO)C(O)/C=C/CCCCCCCCCCCCCCC. The van der Waals surface area contributed by atoms with Crippen LogP contribution < -0.4 is 5.32 Å². The van der Waals surface area contributed by atoms with Gasteiger partial charge in [-0.15, -0.1) is 0 Å². The zero-order chi connectivity index (χ0) is 46.5. The Kier molecular flexibility index (Phi) is 52.6. The summed E-state index contributed by atoms with van der Waals surface area (Å²) in [5.41, 5.74) is 0. The van der Waals surface area contributed by atoms with Gasteiger partial charge in [0.1, 0.15) is 0 Å². The summed E-state index contributed by atoms with van der Waals surface area (Å²) >= 11 is 0. The van der Waals surface area contributed by atoms with Crippen LogP contribution in [0.3, 0.4) is 0 Å². The molecule has 378 valence electrons. The van der Waals surface area contributed by atoms with E-state index < -0.39 is 12.1 Å². The molecule has 0 saturated carbocycles. The second kappa shape index (κ2) is 54.0. The summed E-state index contributed by atoms with van der Waals surface area (Å²) < 4.78 is 5.48. The highest BCUT2D eigenvalue weighted by Crippen LogP contribution is 2.16. The number of allylic oxidation sites excluding steroid dienone is 3. The molecule has 64 heavy (non-hydrogen) atoms. The Balaban J connectivity index is 3.45. The lowest BCUT2D eigenvalue weighted by molar-refractivity contribution is -0.143. The lowest BCUT2D eigenvalue weighted by Crippen LogP contribution is -2.45. The summed E-state index contributed by atoms with van der Waals surface area (Å²) in [6, 6.07) is -0.635. The monoisotopic (exact) mass is 902 g/mol. The van der Waals surface area contributed by atoms with Gasteiger partial charge in [-0.3, -0.25) is 9.59 Å². The first-order valence-corrected chi connectivity index (χ1v) is 28.6. The molecule has 0 rings (SSSR count). The second-order valence-corrected chi connectivity index (χ2v) is 19.6. The van der Waals surface area contributed by atoms with Gasteiger partial charge in [-0.2, -0.15) is 0 Å². The van der Waals surface area contributed by atoms with E-state index in [1.807, 2.05) is 6.08 Å². The van der Waals surface area contributed by atoms with Crippen LogP contribution in [-0.4, -0.2) is 47.4 Å². The van der Waals surface area contributed by atoms with Gasteiger partial charge in [-0.25, -0.2) is 0 Å². The maximum absolute atomic E-state index is 12.4. The molecule has 0 aliphatic carbocycles. The van der Waals surface area contributed by atoms with Crippen LogP contribution in [0.1, 0.15) is 309 Å². The third-order valence-corrected chi connectivity index (χ3v) is 13.2. The molecule has 0 aliphatic heterocycles. The number of aliphatic hydroxyl groups is 2. The van der Waals surface area contributed by atoms with E-state index in [4.69, 9.17) is 4.74 Å². The summed E-state index contributed by atoms with van der Waals surface area (Å²) in [4.78, 5) is 24.5. The number of hydrogen-bond donors (Lipinski definition) is 3. The standard InChI is InChI=1S/C58H111NO5/c1-3-5-7-9-11-13-15-17-19-20-21-23-28-32-36-40-44-48-52-58(63)64-53-49-45-41-37-33-29-25-24-27-31-35-39-43-47-51-57(62)59-55(54-60)56(61)50-46-42-38-34-30-26-22-18-16-14-12-10-8-6-4-2/h19-20,46,50,55-56,60-61H,3-18,21-45,47-49,51-54H2,1-2H3,(H,59,62)/b20-19-,50-46+. The zero-order valence-electron chi connectivity index (χ0n) is 43.0. The van der Waals surface area contributed by atoms with Crippen LogP contribution in [0.25, 0.3) is 0 Å². The lowest BCUT2D eigenvalue weighted by Gasteiger charge is -2.20. The minimum atomic E-state index is -0.851. The molecule has 0 spiro atoms. The number of aliphatic hydroxyl groups excluding tert-OH is 2. The molecule has 0 aromatic carbocycles. The fourth-order valence-corrected chi connectivity index (χ4v) is 8.81. The van der Waals surface area contributed by atoms with Crippen molar-refractivity contribution in [1.29, 1.82) is 0 Å². The van der Waals surface area contributed by atoms with Crippen molar-refractivity contribution >= 4 is 11.9 Å². The molecule has 0 fully saturated rings. The summed E-state index contributed by atoms with van der Waals surface area (Å²) in [5, 5.41) is 23.1. The van der Waals surface area contributed by atoms with Crippen molar-refractivity contribution in [1.82, 2.24) is 5.32 Å². The third kappa shape index (κ3) is 49.8. The molecular formula is C58H111NO5. The van der Waals surface area contributed by atoms with Gasteiger partial charge in [0.05, 0.1) is 25.4 Å². The predicted octanol–water partition coefficient (Wildman–Crippen LogP) is 17.5. The first kappa shape index (κ1) is 62.3. The van der Waals surface area contributed by atoms with E-state index in [1.54, 1.807) is 6.08 Å². The van der Waals surface area contributed by atoms with Gasteiger partial charge in [-0.1, -0.05) is 263 Å². The van der Waals surface area contributed by atoms with Crippen LogP contribution in [0.15, 0.2) is 24.3 Å². The number of esters is 1. The number of ether oxygens (including phenoxy) is 1. The number of carbonyl (C=O) groups excluding carboxylic acids is 2. The third-order valence-electron chi connectivity index (χ3n) is 13.2. The van der Waals surface area contributed by atoms with Gasteiger partial charge in [0, 0.05) is 12.8 Å². The lowest BCUT2D eigenvalue weighted by atomic mass is 10.0. The molecule has 6 nitrogen and oxygen atoms in total. The van der Waals surface area contributed by atoms with Crippen molar-refractivity contribution in [3.63, 3.8) is 0 Å². The smallest absolute Gasteiger partial charge is 0.305 e. The Labute approximate surface area is 399 Å². The molecule has 0 radical (unpaired) electrons. The Bertz CT molecular complexity index is 997. The van der Waals surface area contributed by atoms with Gasteiger partial charge in [0.25, 0.3) is 0 Å². The fraction of sp³-hybridized carbons (Fsp3) is 0.897. The summed E-state index contributed by atoms with van der Waals surface area (Å²) in [5.74, 6) is -0.0836. The summed E-state index contributed by atoms with van der Waals surface area (Å²) in [6.07, 6.45) is 64.7. The predicted molar refractivity (Wildman–Crippen MR) is 278 cm³/mol. The number of amides is 1. The largest absolute Gasteiger partial charge is 0.466 e. The van der Waals surface area contributed by atoms with E-state index in [0.29, 0.717) is 19.4 Å². The molecule has 0 saturated heterocycles. The first-order valence-electron chi connectivity index (χ1n) is 28.6. The highest BCUT2D eigenvalue weighted by molar-refractivity contribution is 5.76. The molecule has 1 amide bonds. The van der Waals surface area contributed by atoms with Crippen molar-refractivity contribution < 1.29 is 24.5 Å². The van der Waals surface area contributed by atoms with Crippen LogP contribution in [-0.2, 0) is 14.3 Å². The molecular weight excluding hydrogens is 791 g/mol. The van der Waals surface area contributed by atoms with Gasteiger partial charge >= 0.3 is 5.97 Å². The average molecular weight is 903 g/mol. The van der Waals surface area contributed by atoms with Crippen molar-refractivity contribution in [3.05, 3.63) is 24.3 Å². The highest BCUT2D eigenvalue weighted by atomic mass is 16.5. The van der Waals surface area contributed by atoms with Crippen molar-refractivity contribution in [2.24, 2.45) is 0 Å². The van der Waals surface area contributed by atoms with Crippen LogP contribution in [0, 0.1) is 0 Å². The summed E-state index contributed by atoms with van der Waals surface area (Å²) in [6.45, 7) is 4.89. The van der Waals surface area contributed by atoms with Crippen molar-refractivity contribution in [3.8, 4) is 0 Å². The van der Waals surface area contributed by atoms with Crippen molar-refractivity contribution in [2.45, 2.75) is 321 Å². The number of carbonyl (C=O) groups is 2.